The second kappa shape index (κ2) is 48.3. The van der Waals surface area contributed by atoms with E-state index in [1.54, 1.807) is 88.2 Å². The van der Waals surface area contributed by atoms with Crippen molar-refractivity contribution in [1.82, 2.24) is 9.80 Å². The molecular formula is C38H62Ho2N6O14+2. The van der Waals surface area contributed by atoms with E-state index in [0.717, 1.165) is 12.2 Å². The third-order valence-corrected chi connectivity index (χ3v) is 4.91. The first-order valence-electron chi connectivity index (χ1n) is 16.6. The van der Waals surface area contributed by atoms with Gasteiger partial charge in [0.25, 0.3) is 0 Å². The van der Waals surface area contributed by atoms with Crippen molar-refractivity contribution in [3.63, 3.8) is 0 Å². The maximum atomic E-state index is 11.7. The molecule has 0 atom stereocenters. The van der Waals surface area contributed by atoms with Gasteiger partial charge in [0.2, 0.25) is 0 Å². The number of rotatable bonds is 12. The summed E-state index contributed by atoms with van der Waals surface area (Å²) in [6.45, 7) is 9.62. The van der Waals surface area contributed by atoms with E-state index in [-0.39, 0.29) is 171 Å². The van der Waals surface area contributed by atoms with Crippen LogP contribution in [0.5, 0.6) is 23.0 Å². The van der Waals surface area contributed by atoms with Gasteiger partial charge in [-0.05, 0) is 91.3 Å². The van der Waals surface area contributed by atoms with Gasteiger partial charge in [0.1, 0.15) is 11.5 Å². The number of methoxy groups -OCH3 is 2. The van der Waals surface area contributed by atoms with Crippen LogP contribution >= 0.6 is 0 Å². The fourth-order valence-corrected chi connectivity index (χ4v) is 3.08. The van der Waals surface area contributed by atoms with E-state index < -0.39 is 0 Å². The SMILES string of the molecule is CC(=O)/C=C(/C)[O-].CC(=O)/C=C(/C)[O-].CCO.CCO.COc1cccc(/C=N/N=C(\[O-])CN(C)C)c1[O-].COc1cccc(/C=N/N=C(\[O-])CN(C)C)c1[O-].[Ho+3].[Ho+3].[OH3+].[OH3+]. The molecule has 0 aliphatic rings. The Morgan fingerprint density at radius 3 is 1.08 bits per heavy atom. The molecule has 0 radical (unpaired) electrons. The van der Waals surface area contributed by atoms with Crippen LogP contribution in [0.3, 0.4) is 0 Å². The van der Waals surface area contributed by atoms with Crippen molar-refractivity contribution in [3.05, 3.63) is 71.2 Å². The van der Waals surface area contributed by atoms with E-state index >= 15 is 0 Å². The summed E-state index contributed by atoms with van der Waals surface area (Å²) in [5, 5.41) is 95.1. The fraction of sp³-hybridized carbons (Fsp3) is 0.421. The number of allylic oxidation sites excluding steroid dienone is 4. The average Bonchev–Trinajstić information content (AvgIpc) is 3.06. The van der Waals surface area contributed by atoms with Crippen molar-refractivity contribution in [3.8, 4) is 23.0 Å². The monoisotopic (exact) mass is 1160 g/mol. The van der Waals surface area contributed by atoms with Gasteiger partial charge in [0.05, 0.1) is 26.6 Å². The molecule has 0 saturated carbocycles. The van der Waals surface area contributed by atoms with Crippen molar-refractivity contribution in [2.45, 2.75) is 41.5 Å². The number of carbonyl (C=O) groups is 2. The summed E-state index contributed by atoms with van der Waals surface area (Å²) in [6, 6.07) is 9.63. The number of aliphatic hydroxyl groups is 2. The number of nitrogens with zero attached hydrogens (tertiary/aromatic N) is 6. The number of hydrogen-bond donors (Lipinski definition) is 2. The molecule has 0 fully saturated rings. The first-order chi connectivity index (χ1) is 26.2. The topological polar surface area (TPSA) is 353 Å². The maximum absolute atomic E-state index is 11.7. The maximum Gasteiger partial charge on any atom is 3.00 e. The summed E-state index contributed by atoms with van der Waals surface area (Å²) in [7, 11) is 9.87. The van der Waals surface area contributed by atoms with Crippen LogP contribution in [0.15, 0.2) is 80.5 Å². The molecule has 0 aromatic heterocycles. The molecule has 0 heterocycles. The minimum atomic E-state index is -0.369. The third kappa shape index (κ3) is 49.0. The van der Waals surface area contributed by atoms with Gasteiger partial charge in [0.15, 0.2) is 11.6 Å². The van der Waals surface area contributed by atoms with Gasteiger partial charge in [-0.25, -0.2) is 0 Å². The standard InChI is InChI=1S/2C12H17N3O3.2C5H8O2.2C2H6O.2Ho.2H2O/c2*1-15(2)8-11(16)14-13-7-9-5-4-6-10(18-3)12(9)17;2*1-4(6)3-5(2)7;2*1-2-3;;;;/h2*4-7,17H,8H2,1-3H3,(H,14,16);2*3,6H,1-2H3;2*3H,2H2,1H3;;;2*1H2/q;;;;;;2*+3;;/p-4/b2*13-7+;2*4-3-;;;;;;. The van der Waals surface area contributed by atoms with Gasteiger partial charge in [-0.1, -0.05) is 49.6 Å². The van der Waals surface area contributed by atoms with Crippen LogP contribution in [0.2, 0.25) is 0 Å². The van der Waals surface area contributed by atoms with E-state index in [1.807, 2.05) is 0 Å². The smallest absolute Gasteiger partial charge is 0.876 e. The number of benzene rings is 2. The molecule has 0 bridgehead atoms. The van der Waals surface area contributed by atoms with E-state index in [4.69, 9.17) is 19.7 Å². The molecule has 2 rings (SSSR count). The number of aliphatic hydroxyl groups excluding tert-OH is 2. The quantitative estimate of drug-likeness (QED) is 0.0400. The zero-order valence-corrected chi connectivity index (χ0v) is 39.9. The molecule has 2 aromatic carbocycles. The number of hydrogen-bond acceptors (Lipinski definition) is 18. The minimum absolute atomic E-state index is 0. The molecule has 0 saturated heterocycles. The number of ether oxygens (including phenoxy) is 2. The number of para-hydroxylation sites is 2. The number of carbonyl (C=O) groups excluding carboxylic acids is 2. The van der Waals surface area contributed by atoms with Crippen LogP contribution in [0, 0.1) is 75.5 Å². The third-order valence-electron chi connectivity index (χ3n) is 4.91. The first-order valence-corrected chi connectivity index (χ1v) is 16.6. The summed E-state index contributed by atoms with van der Waals surface area (Å²) in [5.74, 6) is -1.58. The van der Waals surface area contributed by atoms with E-state index in [2.05, 4.69) is 20.4 Å². The Morgan fingerprint density at radius 1 is 0.633 bits per heavy atom. The van der Waals surface area contributed by atoms with Crippen LogP contribution in [0.1, 0.15) is 52.7 Å². The second-order valence-electron chi connectivity index (χ2n) is 11.1. The molecule has 20 nitrogen and oxygen atoms in total. The van der Waals surface area contributed by atoms with Crippen molar-refractivity contribution in [2.24, 2.45) is 20.4 Å². The molecule has 0 unspecified atom stereocenters. The Balaban J connectivity index is -0.0000001000. The molecule has 0 spiro atoms. The minimum Gasteiger partial charge on any atom is -0.876 e. The molecule has 22 heteroatoms. The zero-order valence-electron chi connectivity index (χ0n) is 36.0. The summed E-state index contributed by atoms with van der Waals surface area (Å²) in [5.41, 5.74) is 0.659. The van der Waals surface area contributed by atoms with E-state index in [9.17, 15) is 40.2 Å². The van der Waals surface area contributed by atoms with Crippen LogP contribution in [-0.2, 0) is 20.5 Å². The summed E-state index contributed by atoms with van der Waals surface area (Å²) in [6.07, 6.45) is 4.61. The second-order valence-corrected chi connectivity index (χ2v) is 11.1. The predicted molar refractivity (Wildman–Crippen MR) is 216 cm³/mol. The van der Waals surface area contributed by atoms with Crippen molar-refractivity contribution < 1.29 is 146 Å². The Morgan fingerprint density at radius 2 is 0.900 bits per heavy atom. The van der Waals surface area contributed by atoms with Crippen molar-refractivity contribution >= 4 is 35.8 Å². The molecule has 0 aliphatic carbocycles. The van der Waals surface area contributed by atoms with Gasteiger partial charge < -0.3 is 71.1 Å². The van der Waals surface area contributed by atoms with Crippen LogP contribution < -0.4 is 40.1 Å². The van der Waals surface area contributed by atoms with Gasteiger partial charge in [-0.3, -0.25) is 9.59 Å². The molecule has 60 heavy (non-hydrogen) atoms. The van der Waals surface area contributed by atoms with Gasteiger partial charge in [0, 0.05) is 38.1 Å². The molecular weight excluding hydrogens is 1090 g/mol. The Hall–Kier alpha value is -3.38. The van der Waals surface area contributed by atoms with Gasteiger partial charge in [-0.2, -0.15) is 20.4 Å². The van der Waals surface area contributed by atoms with E-state index in [1.165, 1.54) is 54.3 Å². The predicted octanol–water partition coefficient (Wildman–Crippen LogP) is -3.32. The van der Waals surface area contributed by atoms with Gasteiger partial charge >= 0.3 is 75.5 Å². The molecule has 348 valence electrons. The molecule has 0 amide bonds. The summed E-state index contributed by atoms with van der Waals surface area (Å²) in [4.78, 5) is 23.3. The zero-order chi connectivity index (χ0) is 44.2. The molecule has 2 aromatic rings. The van der Waals surface area contributed by atoms with Gasteiger partial charge in [-0.15, -0.1) is 11.5 Å². The molecule has 0 aliphatic heterocycles. The van der Waals surface area contributed by atoms with Crippen molar-refractivity contribution in [2.75, 3.05) is 68.7 Å². The van der Waals surface area contributed by atoms with Crippen LogP contribution in [0.25, 0.3) is 0 Å². The number of ketones is 2. The van der Waals surface area contributed by atoms with Crippen LogP contribution in [0.4, 0.5) is 0 Å². The van der Waals surface area contributed by atoms with Crippen molar-refractivity contribution in [1.29, 1.82) is 0 Å². The Bertz CT molecular complexity index is 1460. The largest absolute Gasteiger partial charge is 3.00 e. The van der Waals surface area contributed by atoms with E-state index in [0.29, 0.717) is 11.1 Å². The summed E-state index contributed by atoms with van der Waals surface area (Å²) >= 11 is 0. The summed E-state index contributed by atoms with van der Waals surface area (Å²) < 4.78 is 9.77. The first kappa shape index (κ1) is 74.1. The number of likely N-dealkylation sites (N-methyl/N-ethyl adjacent to an activating group) is 2. The fourth-order valence-electron chi connectivity index (χ4n) is 3.08. The Labute approximate surface area is 413 Å². The molecule has 8 N–H and O–H groups in total. The Kier molecular flexibility index (Phi) is 59.6. The normalized spacial score (nSPS) is 10.7. The van der Waals surface area contributed by atoms with Crippen LogP contribution in [-0.4, -0.2) is 125 Å². The average molecular weight is 1160 g/mol.